The van der Waals surface area contributed by atoms with Gasteiger partial charge in [0, 0.05) is 62.5 Å². The van der Waals surface area contributed by atoms with Crippen LogP contribution < -0.4 is 33.2 Å². The van der Waals surface area contributed by atoms with Gasteiger partial charge < -0.3 is 43.1 Å². The molecule has 2 N–H and O–H groups in total. The predicted molar refractivity (Wildman–Crippen MR) is 562 cm³/mol. The Bertz CT molecular complexity index is 4430. The second-order valence-corrected chi connectivity index (χ2v) is 39.6. The number of nitrogens with zero attached hydrogens (tertiary/aromatic N) is 2. The molecule has 0 saturated heterocycles. The second kappa shape index (κ2) is 66.4. The largest absolute Gasteiger partial charge is 0.494 e. The van der Waals surface area contributed by atoms with Gasteiger partial charge in [-0.1, -0.05) is 375 Å². The van der Waals surface area contributed by atoms with Crippen molar-refractivity contribution in [1.82, 2.24) is 19.9 Å². The number of nitrogens with one attached hydrogen (secondary N) is 2. The molecule has 0 unspecified atom stereocenters. The molecule has 730 valence electrons. The van der Waals surface area contributed by atoms with Crippen molar-refractivity contribution in [3.05, 3.63) is 126 Å². The number of benzene rings is 4. The Hall–Kier alpha value is -8.01. The number of H-pyrrole nitrogens is 2. The van der Waals surface area contributed by atoms with Crippen LogP contribution in [0.2, 0.25) is 0 Å². The van der Waals surface area contributed by atoms with Crippen LogP contribution in [0.25, 0.3) is 90.9 Å². The van der Waals surface area contributed by atoms with E-state index in [1.54, 1.807) is 0 Å². The maximum Gasteiger partial charge on any atom is 0.264 e. The molecule has 2 aliphatic heterocycles. The summed E-state index contributed by atoms with van der Waals surface area (Å²) < 4.78 is 75.9. The second-order valence-electron chi connectivity index (χ2n) is 38.0. The van der Waals surface area contributed by atoms with Crippen LogP contribution in [0, 0.1) is 0 Å². The lowest BCUT2D eigenvalue weighted by molar-refractivity contribution is 0.289. The van der Waals surface area contributed by atoms with Crippen LogP contribution in [-0.2, 0) is 14.3 Å². The van der Waals surface area contributed by atoms with Crippen molar-refractivity contribution in [2.45, 2.75) is 414 Å². The van der Waals surface area contributed by atoms with Crippen LogP contribution >= 0.6 is 0 Å². The molecule has 0 amide bonds. The fraction of sp³-hybridized carbons (Fsp3) is 0.624. The van der Waals surface area contributed by atoms with Crippen LogP contribution in [0.4, 0.5) is 0 Å². The third kappa shape index (κ3) is 42.1. The van der Waals surface area contributed by atoms with Crippen molar-refractivity contribution >= 4 is 56.5 Å². The molecular weight excluding hydrogens is 1650 g/mol. The molecule has 2 aliphatic rings. The fourth-order valence-electron chi connectivity index (χ4n) is 18.4. The molecule has 0 fully saturated rings. The summed E-state index contributed by atoms with van der Waals surface area (Å²) in [4.78, 5) is 20.1. The molecule has 14 nitrogen and oxygen atoms in total. The summed E-state index contributed by atoms with van der Waals surface area (Å²) in [6.07, 6.45) is 79.3. The highest BCUT2D eigenvalue weighted by molar-refractivity contribution is 7.86. The van der Waals surface area contributed by atoms with E-state index < -0.39 is 10.1 Å². The van der Waals surface area contributed by atoms with E-state index in [-0.39, 0.29) is 6.61 Å². The van der Waals surface area contributed by atoms with Gasteiger partial charge in [-0.3, -0.25) is 4.18 Å². The maximum absolute atomic E-state index is 11.4. The molecule has 0 spiro atoms. The van der Waals surface area contributed by atoms with Crippen molar-refractivity contribution in [3.8, 4) is 84.8 Å². The summed E-state index contributed by atoms with van der Waals surface area (Å²) in [5.74, 6) is 5.52. The topological polar surface area (TPSA) is 165 Å². The highest BCUT2D eigenvalue weighted by Gasteiger charge is 2.23. The first kappa shape index (κ1) is 108. The Morgan fingerprint density at radius 2 is 0.394 bits per heavy atom. The molecular formula is C117H176N4O10S. The highest BCUT2D eigenvalue weighted by Crippen LogP contribution is 2.44. The van der Waals surface area contributed by atoms with E-state index in [0.717, 1.165) is 251 Å². The lowest BCUT2D eigenvalue weighted by Gasteiger charge is -2.14. The number of fused-ring (bicyclic) bond motifs is 8. The van der Waals surface area contributed by atoms with Crippen molar-refractivity contribution in [2.75, 3.05) is 59.1 Å². The van der Waals surface area contributed by atoms with E-state index in [4.69, 9.17) is 47.3 Å². The lowest BCUT2D eigenvalue weighted by atomic mass is 10.0. The number of hydrogen-bond acceptors (Lipinski definition) is 12. The first-order valence-corrected chi connectivity index (χ1v) is 55.8. The van der Waals surface area contributed by atoms with Crippen molar-refractivity contribution < 1.29 is 45.8 Å². The lowest BCUT2D eigenvalue weighted by Crippen LogP contribution is -2.03. The summed E-state index contributed by atoms with van der Waals surface area (Å²) in [7, 11) is -3.38. The number of aromatic nitrogens is 4. The Kier molecular flexibility index (Phi) is 54.2. The molecule has 8 bridgehead atoms. The van der Waals surface area contributed by atoms with E-state index in [2.05, 4.69) is 179 Å². The Labute approximate surface area is 800 Å². The maximum atomic E-state index is 11.4. The summed E-state index contributed by atoms with van der Waals surface area (Å²) in [5.41, 5.74) is 14.3. The summed E-state index contributed by atoms with van der Waals surface area (Å²) in [6, 6.07) is 37.2. The van der Waals surface area contributed by atoms with E-state index in [9.17, 15) is 8.42 Å². The third-order valence-electron chi connectivity index (χ3n) is 26.1. The highest BCUT2D eigenvalue weighted by atomic mass is 32.2. The van der Waals surface area contributed by atoms with Gasteiger partial charge in [0.1, 0.15) is 40.2 Å². The number of hydrogen-bond donors (Lipinski definition) is 2. The van der Waals surface area contributed by atoms with E-state index in [1.165, 1.54) is 257 Å². The summed E-state index contributed by atoms with van der Waals surface area (Å²) in [6.45, 7) is 18.3. The molecule has 0 atom stereocenters. The molecule has 4 aromatic carbocycles. The standard InChI is InChI=1S/C117H176N4O10S/c1-8-14-20-26-32-42-51-59-79-125-100-86-96(87-101(92-100)126-80-60-52-43-33-27-21-15-9-2)115-108-72-70-106(118-108)114(95-66-68-99(69-67-95)124-78-58-50-48-40-38-39-41-49-57-65-85-131-132(7,122)123)107-71-73-109(119-107)116(97-88-102(127-81-61-53-44-34-28-22-16-10-3)93-103(89-97)128-82-62-54-45-35-29-23-17-11-4)111-75-77-113(121-111)117(112-76-74-110(115)120-112)98-90-104(129-83-63-55-46-36-30-24-18-12-5)94-105(91-98)130-84-64-56-47-37-31-25-19-13-6/h66-77,86-94,118,121H,8-65,78-85H2,1-7H3. The zero-order chi connectivity index (χ0) is 92.8. The molecule has 0 saturated carbocycles. The van der Waals surface area contributed by atoms with E-state index in [1.807, 2.05) is 0 Å². The fourth-order valence-corrected chi connectivity index (χ4v) is 18.8. The monoisotopic (exact) mass is 1830 g/mol. The first-order valence-electron chi connectivity index (χ1n) is 53.9. The molecule has 0 aliphatic carbocycles. The quantitative estimate of drug-likeness (QED) is 0.0274. The normalized spacial score (nSPS) is 12.0. The third-order valence-corrected chi connectivity index (χ3v) is 26.7. The molecule has 9 rings (SSSR count). The van der Waals surface area contributed by atoms with Gasteiger partial charge >= 0.3 is 0 Å². The van der Waals surface area contributed by atoms with Gasteiger partial charge in [-0.25, -0.2) is 9.97 Å². The smallest absolute Gasteiger partial charge is 0.264 e. The van der Waals surface area contributed by atoms with Crippen LogP contribution in [0.3, 0.4) is 0 Å². The Morgan fingerprint density at radius 1 is 0.212 bits per heavy atom. The summed E-state index contributed by atoms with van der Waals surface area (Å²) >= 11 is 0. The first-order chi connectivity index (χ1) is 65.0. The molecule has 5 heterocycles. The van der Waals surface area contributed by atoms with Crippen LogP contribution in [0.15, 0.2) is 103 Å². The molecule has 0 radical (unpaired) electrons. The zero-order valence-corrected chi connectivity index (χ0v) is 84.5. The Balaban J connectivity index is 1.21. The van der Waals surface area contributed by atoms with Crippen LogP contribution in [0.5, 0.6) is 40.2 Å². The van der Waals surface area contributed by atoms with Crippen molar-refractivity contribution in [2.24, 2.45) is 0 Å². The average Bonchev–Trinajstić information content (AvgIpc) is 1.60. The van der Waals surface area contributed by atoms with Gasteiger partial charge in [-0.2, -0.15) is 8.42 Å². The van der Waals surface area contributed by atoms with Gasteiger partial charge in [-0.05, 0) is 171 Å². The molecule has 3 aromatic heterocycles. The number of ether oxygens (including phenoxy) is 7. The molecule has 7 aromatic rings. The summed E-state index contributed by atoms with van der Waals surface area (Å²) in [5, 5.41) is 0. The SMILES string of the molecule is CCCCCCCCCCOc1cc(OCCCCCCCCCC)cc(-c2c3nc(c(-c4cc(OCCCCCCCCCC)cc(OCCCCCCCCCC)c4)c4ccc([nH]4)c(-c4cc(OCCCCCCCCCC)cc(OCCCCCCCCCC)c4)c4nc(c(-c5ccc(OCCCCCCCCCCCCOS(C)(=O)=O)cc5)c5ccc2[nH]5)C=C4)C=C3)c1. The van der Waals surface area contributed by atoms with E-state index in [0.29, 0.717) is 46.2 Å². The molecule has 15 heteroatoms. The van der Waals surface area contributed by atoms with Crippen molar-refractivity contribution in [1.29, 1.82) is 0 Å². The van der Waals surface area contributed by atoms with Gasteiger partial charge in [0.2, 0.25) is 0 Å². The molecule has 132 heavy (non-hydrogen) atoms. The van der Waals surface area contributed by atoms with Gasteiger partial charge in [0.25, 0.3) is 10.1 Å². The Morgan fingerprint density at radius 3 is 0.598 bits per heavy atom. The van der Waals surface area contributed by atoms with Gasteiger partial charge in [0.15, 0.2) is 0 Å². The van der Waals surface area contributed by atoms with E-state index >= 15 is 0 Å². The minimum atomic E-state index is -3.38. The van der Waals surface area contributed by atoms with Gasteiger partial charge in [-0.15, -0.1) is 0 Å². The van der Waals surface area contributed by atoms with Gasteiger partial charge in [0.05, 0.1) is 81.9 Å². The minimum Gasteiger partial charge on any atom is -0.494 e. The van der Waals surface area contributed by atoms with Crippen LogP contribution in [-0.4, -0.2) is 87.5 Å². The number of aromatic amines is 2. The zero-order valence-electron chi connectivity index (χ0n) is 83.7. The van der Waals surface area contributed by atoms with Crippen molar-refractivity contribution in [3.63, 3.8) is 0 Å². The number of unbranched alkanes of at least 4 members (excludes halogenated alkanes) is 51. The predicted octanol–water partition coefficient (Wildman–Crippen LogP) is 35.7. The average molecular weight is 1830 g/mol. The van der Waals surface area contributed by atoms with Crippen LogP contribution in [0.1, 0.15) is 437 Å². The minimum absolute atomic E-state index is 0.274. The number of rotatable bonds is 79.